The molecule has 2 saturated heterocycles. The highest BCUT2D eigenvalue weighted by Gasteiger charge is 2.33. The number of nitrogens with zero attached hydrogens (tertiary/aromatic N) is 3. The highest BCUT2D eigenvalue weighted by atomic mass is 19.4. The molecule has 1 unspecified atom stereocenters. The predicted molar refractivity (Wildman–Crippen MR) is 115 cm³/mol. The number of rotatable bonds is 4. The molecule has 0 bridgehead atoms. The van der Waals surface area contributed by atoms with Crippen LogP contribution in [0.2, 0.25) is 0 Å². The van der Waals surface area contributed by atoms with Crippen LogP contribution < -0.4 is 4.90 Å². The largest absolute Gasteiger partial charge is 0.416 e. The van der Waals surface area contributed by atoms with Crippen molar-refractivity contribution >= 4 is 11.6 Å². The molecule has 0 N–H and O–H groups in total. The molecule has 172 valence electrons. The summed E-state index contributed by atoms with van der Waals surface area (Å²) in [5.74, 6) is -0.269. The lowest BCUT2D eigenvalue weighted by molar-refractivity contribution is -0.138. The quantitative estimate of drug-likeness (QED) is 0.648. The molecule has 2 aromatic rings. The van der Waals surface area contributed by atoms with Crippen LogP contribution in [-0.2, 0) is 17.5 Å². The van der Waals surface area contributed by atoms with Gasteiger partial charge in [-0.05, 0) is 43.7 Å². The molecular weight excluding hydrogens is 422 g/mol. The Kier molecular flexibility index (Phi) is 6.69. The summed E-state index contributed by atoms with van der Waals surface area (Å²) in [6, 6.07) is 12.0. The number of anilines is 1. The van der Waals surface area contributed by atoms with Gasteiger partial charge >= 0.3 is 6.18 Å². The minimum absolute atomic E-state index is 0.0897. The number of halogens is 4. The molecule has 32 heavy (non-hydrogen) atoms. The first-order valence-electron chi connectivity index (χ1n) is 11.0. The number of amides is 1. The van der Waals surface area contributed by atoms with Gasteiger partial charge in [-0.25, -0.2) is 4.39 Å². The maximum atomic E-state index is 14.0. The van der Waals surface area contributed by atoms with Crippen molar-refractivity contribution in [2.75, 3.05) is 44.2 Å². The van der Waals surface area contributed by atoms with Crippen molar-refractivity contribution < 1.29 is 22.4 Å². The number of hydrogen-bond acceptors (Lipinski definition) is 3. The standard InChI is InChI=1S/C24H27F4N3O/c25-22-9-2-1-5-18(22)16-29-10-4-6-19(17-29)23(32)31-13-11-30(12-14-31)21-8-3-7-20(15-21)24(26,27)28/h1-3,5,7-9,15,19H,4,6,10-14,16-17H2. The Labute approximate surface area is 185 Å². The van der Waals surface area contributed by atoms with Crippen molar-refractivity contribution in [2.45, 2.75) is 25.6 Å². The smallest absolute Gasteiger partial charge is 0.368 e. The van der Waals surface area contributed by atoms with Gasteiger partial charge in [-0.2, -0.15) is 13.2 Å². The van der Waals surface area contributed by atoms with Crippen LogP contribution in [0.3, 0.4) is 0 Å². The van der Waals surface area contributed by atoms with Crippen LogP contribution in [0.4, 0.5) is 23.2 Å². The molecule has 0 aliphatic carbocycles. The molecule has 2 heterocycles. The number of carbonyl (C=O) groups is 1. The lowest BCUT2D eigenvalue weighted by Gasteiger charge is -2.40. The number of carbonyl (C=O) groups excluding carboxylic acids is 1. The Bertz CT molecular complexity index is 941. The zero-order valence-corrected chi connectivity index (χ0v) is 17.8. The van der Waals surface area contributed by atoms with E-state index in [4.69, 9.17) is 0 Å². The Morgan fingerprint density at radius 2 is 1.72 bits per heavy atom. The molecule has 2 aliphatic rings. The molecule has 2 aliphatic heterocycles. The second-order valence-corrected chi connectivity index (χ2v) is 8.53. The second kappa shape index (κ2) is 9.48. The molecule has 8 heteroatoms. The molecule has 4 nitrogen and oxygen atoms in total. The monoisotopic (exact) mass is 449 g/mol. The van der Waals surface area contributed by atoms with Gasteiger partial charge in [0.1, 0.15) is 5.82 Å². The maximum Gasteiger partial charge on any atom is 0.416 e. The van der Waals surface area contributed by atoms with E-state index < -0.39 is 11.7 Å². The van der Waals surface area contributed by atoms with Crippen LogP contribution in [0, 0.1) is 11.7 Å². The van der Waals surface area contributed by atoms with E-state index in [1.165, 1.54) is 18.2 Å². The van der Waals surface area contributed by atoms with Crippen molar-refractivity contribution in [3.8, 4) is 0 Å². The molecule has 1 atom stereocenters. The summed E-state index contributed by atoms with van der Waals surface area (Å²) in [6.45, 7) is 3.89. The lowest BCUT2D eigenvalue weighted by Crippen LogP contribution is -2.52. The summed E-state index contributed by atoms with van der Waals surface area (Å²) in [6.07, 6.45) is -2.68. The van der Waals surface area contributed by atoms with E-state index in [1.807, 2.05) is 15.9 Å². The van der Waals surface area contributed by atoms with Crippen LogP contribution in [0.1, 0.15) is 24.0 Å². The van der Waals surface area contributed by atoms with Gasteiger partial charge < -0.3 is 9.80 Å². The summed E-state index contributed by atoms with van der Waals surface area (Å²) in [4.78, 5) is 18.9. The molecule has 2 aromatic carbocycles. The summed E-state index contributed by atoms with van der Waals surface area (Å²) in [5, 5.41) is 0. The normalized spacial score (nSPS) is 20.4. The molecule has 0 saturated carbocycles. The Morgan fingerprint density at radius 1 is 0.969 bits per heavy atom. The topological polar surface area (TPSA) is 26.8 Å². The molecule has 1 amide bonds. The Balaban J connectivity index is 1.33. The van der Waals surface area contributed by atoms with E-state index in [-0.39, 0.29) is 17.6 Å². The minimum Gasteiger partial charge on any atom is -0.368 e. The third-order valence-corrected chi connectivity index (χ3v) is 6.34. The average molecular weight is 449 g/mol. The molecule has 0 aromatic heterocycles. The Morgan fingerprint density at radius 3 is 2.44 bits per heavy atom. The first-order chi connectivity index (χ1) is 15.3. The van der Waals surface area contributed by atoms with Crippen molar-refractivity contribution in [3.05, 3.63) is 65.5 Å². The van der Waals surface area contributed by atoms with Crippen molar-refractivity contribution in [1.29, 1.82) is 0 Å². The third kappa shape index (κ3) is 5.23. The highest BCUT2D eigenvalue weighted by Crippen LogP contribution is 2.32. The number of alkyl halides is 3. The van der Waals surface area contributed by atoms with E-state index in [2.05, 4.69) is 4.90 Å². The van der Waals surface area contributed by atoms with Crippen molar-refractivity contribution in [1.82, 2.24) is 9.80 Å². The maximum absolute atomic E-state index is 14.0. The summed E-state index contributed by atoms with van der Waals surface area (Å²) in [7, 11) is 0. The van der Waals surface area contributed by atoms with Crippen LogP contribution in [0.25, 0.3) is 0 Å². The van der Waals surface area contributed by atoms with Gasteiger partial charge in [0.25, 0.3) is 0 Å². The highest BCUT2D eigenvalue weighted by molar-refractivity contribution is 5.79. The fourth-order valence-electron chi connectivity index (χ4n) is 4.59. The van der Waals surface area contributed by atoms with E-state index in [0.717, 1.165) is 25.5 Å². The first-order valence-corrected chi connectivity index (χ1v) is 11.0. The number of likely N-dealkylation sites (tertiary alicyclic amines) is 1. The van der Waals surface area contributed by atoms with E-state index in [0.29, 0.717) is 50.5 Å². The van der Waals surface area contributed by atoms with Crippen LogP contribution >= 0.6 is 0 Å². The fraction of sp³-hybridized carbons (Fsp3) is 0.458. The van der Waals surface area contributed by atoms with E-state index in [1.54, 1.807) is 18.2 Å². The van der Waals surface area contributed by atoms with Gasteiger partial charge in [0.2, 0.25) is 5.91 Å². The molecule has 2 fully saturated rings. The molecule has 0 radical (unpaired) electrons. The average Bonchev–Trinajstić information content (AvgIpc) is 2.80. The summed E-state index contributed by atoms with van der Waals surface area (Å²) < 4.78 is 53.0. The van der Waals surface area contributed by atoms with E-state index >= 15 is 0 Å². The summed E-state index contributed by atoms with van der Waals surface area (Å²) in [5.41, 5.74) is 0.501. The molecule has 4 rings (SSSR count). The third-order valence-electron chi connectivity index (χ3n) is 6.34. The minimum atomic E-state index is -4.37. The number of benzene rings is 2. The van der Waals surface area contributed by atoms with E-state index in [9.17, 15) is 22.4 Å². The van der Waals surface area contributed by atoms with Gasteiger partial charge in [0.15, 0.2) is 0 Å². The molecule has 0 spiro atoms. The number of piperidine rings is 1. The zero-order chi connectivity index (χ0) is 22.7. The van der Waals surface area contributed by atoms with Crippen LogP contribution in [0.15, 0.2) is 48.5 Å². The van der Waals surface area contributed by atoms with Gasteiger partial charge in [-0.3, -0.25) is 9.69 Å². The SMILES string of the molecule is O=C(C1CCCN(Cc2ccccc2F)C1)N1CCN(c2cccc(C(F)(F)F)c2)CC1. The van der Waals surface area contributed by atoms with Crippen molar-refractivity contribution in [3.63, 3.8) is 0 Å². The first kappa shape index (κ1) is 22.6. The predicted octanol–water partition coefficient (Wildman–Crippen LogP) is 4.41. The van der Waals surface area contributed by atoms with Gasteiger partial charge in [-0.1, -0.05) is 24.3 Å². The summed E-state index contributed by atoms with van der Waals surface area (Å²) >= 11 is 0. The molecular formula is C24H27F4N3O. The number of piperazine rings is 1. The second-order valence-electron chi connectivity index (χ2n) is 8.53. The van der Waals surface area contributed by atoms with Crippen molar-refractivity contribution in [2.24, 2.45) is 5.92 Å². The lowest BCUT2D eigenvalue weighted by atomic mass is 9.95. The van der Waals surface area contributed by atoms with Gasteiger partial charge in [0.05, 0.1) is 11.5 Å². The Hall–Kier alpha value is -2.61. The fourth-order valence-corrected chi connectivity index (χ4v) is 4.59. The number of hydrogen-bond donors (Lipinski definition) is 0. The van der Waals surface area contributed by atoms with Crippen LogP contribution in [0.5, 0.6) is 0 Å². The van der Waals surface area contributed by atoms with Gasteiger partial charge in [-0.15, -0.1) is 0 Å². The van der Waals surface area contributed by atoms with Crippen LogP contribution in [-0.4, -0.2) is 55.0 Å². The van der Waals surface area contributed by atoms with Gasteiger partial charge in [0, 0.05) is 50.5 Å². The zero-order valence-electron chi connectivity index (χ0n) is 17.8.